The molecule has 3 rings (SSSR count). The van der Waals surface area contributed by atoms with E-state index in [-0.39, 0.29) is 16.2 Å². The Bertz CT molecular complexity index is 933. The lowest BCUT2D eigenvalue weighted by Gasteiger charge is -2.33. The van der Waals surface area contributed by atoms with Crippen LogP contribution < -0.4 is 0 Å². The molecule has 0 N–H and O–H groups in total. The van der Waals surface area contributed by atoms with E-state index in [0.717, 1.165) is 12.6 Å². The van der Waals surface area contributed by atoms with Crippen molar-refractivity contribution in [2.24, 2.45) is 0 Å². The summed E-state index contributed by atoms with van der Waals surface area (Å²) < 4.78 is 70.5. The number of halogens is 3. The zero-order valence-corrected chi connectivity index (χ0v) is 16.5. The smallest absolute Gasteiger partial charge is 0.351 e. The van der Waals surface area contributed by atoms with E-state index in [1.54, 1.807) is 12.1 Å². The van der Waals surface area contributed by atoms with Crippen LogP contribution in [-0.4, -0.2) is 55.5 Å². The molecule has 28 heavy (non-hydrogen) atoms. The second kappa shape index (κ2) is 7.84. The third-order valence-corrected chi connectivity index (χ3v) is 6.91. The number of nitrogens with zero attached hydrogens (tertiary/aromatic N) is 3. The zero-order chi connectivity index (χ0) is 20.5. The van der Waals surface area contributed by atoms with Crippen molar-refractivity contribution in [1.29, 1.82) is 0 Å². The van der Waals surface area contributed by atoms with Crippen LogP contribution in [0.3, 0.4) is 0 Å². The maximum atomic E-state index is 13.2. The predicted molar refractivity (Wildman–Crippen MR) is 97.2 cm³/mol. The maximum absolute atomic E-state index is 13.2. The Morgan fingerprint density at radius 3 is 2.32 bits per heavy atom. The lowest BCUT2D eigenvalue weighted by atomic mass is 10.1. The summed E-state index contributed by atoms with van der Waals surface area (Å²) in [6, 6.07) is 5.34. The first-order chi connectivity index (χ1) is 13.2. The molecule has 6 nitrogen and oxygen atoms in total. The average Bonchev–Trinajstić information content (AvgIpc) is 3.18. The van der Waals surface area contributed by atoms with Crippen LogP contribution in [0, 0.1) is 0 Å². The van der Waals surface area contributed by atoms with E-state index in [1.165, 1.54) is 10.4 Å². The highest BCUT2D eigenvalue weighted by atomic mass is 32.2. The van der Waals surface area contributed by atoms with Crippen molar-refractivity contribution in [3.63, 3.8) is 0 Å². The Labute approximate surface area is 162 Å². The summed E-state index contributed by atoms with van der Waals surface area (Å²) in [6.45, 7) is 6.77. The number of likely N-dealkylation sites (N-methyl/N-ethyl adjacent to an activating group) is 1. The lowest BCUT2D eigenvalue weighted by molar-refractivity contribution is -0.155. The molecule has 1 aliphatic heterocycles. The van der Waals surface area contributed by atoms with E-state index >= 15 is 0 Å². The first-order valence-corrected chi connectivity index (χ1v) is 10.5. The van der Waals surface area contributed by atoms with Crippen LogP contribution in [0.15, 0.2) is 33.7 Å². The summed E-state index contributed by atoms with van der Waals surface area (Å²) in [4.78, 5) is 2.27. The van der Waals surface area contributed by atoms with Gasteiger partial charge in [0.25, 0.3) is 0 Å². The zero-order valence-electron chi connectivity index (χ0n) is 15.7. The molecular formula is C18H22F3N3O3S. The van der Waals surface area contributed by atoms with Gasteiger partial charge in [0.05, 0.1) is 4.90 Å². The molecule has 1 aromatic heterocycles. The maximum Gasteiger partial charge on any atom is 0.452 e. The van der Waals surface area contributed by atoms with Crippen molar-refractivity contribution in [2.45, 2.75) is 31.3 Å². The quantitative estimate of drug-likeness (QED) is 0.747. The molecule has 0 radical (unpaired) electrons. The fourth-order valence-electron chi connectivity index (χ4n) is 3.22. The number of piperazine rings is 1. The average molecular weight is 417 g/mol. The van der Waals surface area contributed by atoms with Gasteiger partial charge in [-0.2, -0.15) is 17.5 Å². The third-order valence-electron chi connectivity index (χ3n) is 4.93. The minimum absolute atomic E-state index is 0.0535. The highest BCUT2D eigenvalue weighted by molar-refractivity contribution is 7.89. The van der Waals surface area contributed by atoms with E-state index in [2.05, 4.69) is 14.6 Å². The number of aryl methyl sites for hydroxylation is 1. The minimum Gasteiger partial charge on any atom is -0.351 e. The second-order valence-electron chi connectivity index (χ2n) is 6.59. The molecule has 0 spiro atoms. The first-order valence-electron chi connectivity index (χ1n) is 9.06. The Kier molecular flexibility index (Phi) is 5.83. The summed E-state index contributed by atoms with van der Waals surface area (Å²) in [7, 11) is -3.76. The normalized spacial score (nSPS) is 17.2. The van der Waals surface area contributed by atoms with Crippen molar-refractivity contribution in [3.05, 3.63) is 35.6 Å². The molecule has 2 aromatic rings. The number of aromatic nitrogens is 1. The van der Waals surface area contributed by atoms with Crippen molar-refractivity contribution in [2.75, 3.05) is 32.7 Å². The largest absolute Gasteiger partial charge is 0.452 e. The summed E-state index contributed by atoms with van der Waals surface area (Å²) in [5, 5.41) is 3.45. The molecule has 154 valence electrons. The molecule has 2 heterocycles. The Hall–Kier alpha value is -1.91. The standard InChI is InChI=1S/C18H22F3N3O3S/c1-3-13-5-6-14(15-12-17(27-22-15)18(19,20)21)11-16(13)28(25,26)24-9-7-23(4-2)8-10-24/h5-6,11-12H,3-4,7-10H2,1-2H3. The Morgan fingerprint density at radius 2 is 1.79 bits per heavy atom. The summed E-state index contributed by atoms with van der Waals surface area (Å²) in [5.41, 5.74) is 0.825. The van der Waals surface area contributed by atoms with E-state index in [9.17, 15) is 21.6 Å². The van der Waals surface area contributed by atoms with Crippen molar-refractivity contribution in [1.82, 2.24) is 14.4 Å². The van der Waals surface area contributed by atoms with Crippen molar-refractivity contribution >= 4 is 10.0 Å². The summed E-state index contributed by atoms with van der Waals surface area (Å²) >= 11 is 0. The number of hydrogen-bond donors (Lipinski definition) is 0. The molecular weight excluding hydrogens is 395 g/mol. The molecule has 1 saturated heterocycles. The van der Waals surface area contributed by atoms with Crippen molar-refractivity contribution < 1.29 is 26.1 Å². The molecule has 1 aliphatic rings. The molecule has 0 bridgehead atoms. The highest BCUT2D eigenvalue weighted by Crippen LogP contribution is 2.33. The number of alkyl halides is 3. The van der Waals surface area contributed by atoms with Gasteiger partial charge in [0, 0.05) is 37.8 Å². The van der Waals surface area contributed by atoms with Crippen LogP contribution >= 0.6 is 0 Å². The van der Waals surface area contributed by atoms with Gasteiger partial charge in [-0.25, -0.2) is 8.42 Å². The van der Waals surface area contributed by atoms with Gasteiger partial charge in [0.2, 0.25) is 15.8 Å². The van der Waals surface area contributed by atoms with E-state index < -0.39 is 22.0 Å². The van der Waals surface area contributed by atoms with Gasteiger partial charge in [-0.15, -0.1) is 0 Å². The molecule has 0 atom stereocenters. The summed E-state index contributed by atoms with van der Waals surface area (Å²) in [5.74, 6) is -1.22. The third kappa shape index (κ3) is 4.08. The van der Waals surface area contributed by atoms with Gasteiger partial charge < -0.3 is 9.42 Å². The molecule has 0 unspecified atom stereocenters. The summed E-state index contributed by atoms with van der Waals surface area (Å²) in [6.07, 6.45) is -4.17. The number of sulfonamides is 1. The van der Waals surface area contributed by atoms with Gasteiger partial charge in [0.1, 0.15) is 5.69 Å². The molecule has 1 aromatic carbocycles. The SMILES string of the molecule is CCc1ccc(-c2cc(C(F)(F)F)on2)cc1S(=O)(=O)N1CCN(CC)CC1. The topological polar surface area (TPSA) is 66.7 Å². The fraction of sp³-hybridized carbons (Fsp3) is 0.500. The fourth-order valence-corrected chi connectivity index (χ4v) is 4.96. The van der Waals surface area contributed by atoms with Crippen LogP contribution in [0.4, 0.5) is 13.2 Å². The van der Waals surface area contributed by atoms with E-state index in [0.29, 0.717) is 38.2 Å². The van der Waals surface area contributed by atoms with E-state index in [4.69, 9.17) is 0 Å². The first kappa shape index (κ1) is 20.8. The number of benzene rings is 1. The van der Waals surface area contributed by atoms with Crippen molar-refractivity contribution in [3.8, 4) is 11.3 Å². The molecule has 0 amide bonds. The van der Waals surface area contributed by atoms with Crippen LogP contribution in [0.25, 0.3) is 11.3 Å². The van der Waals surface area contributed by atoms with Gasteiger partial charge in [-0.3, -0.25) is 0 Å². The van der Waals surface area contributed by atoms with Gasteiger partial charge >= 0.3 is 6.18 Å². The Balaban J connectivity index is 1.96. The lowest BCUT2D eigenvalue weighted by Crippen LogP contribution is -2.48. The molecule has 0 saturated carbocycles. The molecule has 0 aliphatic carbocycles. The predicted octanol–water partition coefficient (Wildman–Crippen LogP) is 3.25. The monoisotopic (exact) mass is 417 g/mol. The van der Waals surface area contributed by atoms with E-state index in [1.807, 2.05) is 13.8 Å². The van der Waals surface area contributed by atoms with Crippen LogP contribution in [0.2, 0.25) is 0 Å². The number of rotatable bonds is 5. The van der Waals surface area contributed by atoms with Crippen LogP contribution in [-0.2, 0) is 22.6 Å². The van der Waals surface area contributed by atoms with Gasteiger partial charge in [-0.1, -0.05) is 31.1 Å². The van der Waals surface area contributed by atoms with Crippen LogP contribution in [0.1, 0.15) is 25.2 Å². The van der Waals surface area contributed by atoms with Gasteiger partial charge in [0.15, 0.2) is 0 Å². The highest BCUT2D eigenvalue weighted by Gasteiger charge is 2.36. The minimum atomic E-state index is -4.65. The number of hydrogen-bond acceptors (Lipinski definition) is 5. The molecule has 10 heteroatoms. The van der Waals surface area contributed by atoms with Crippen LogP contribution in [0.5, 0.6) is 0 Å². The molecule has 1 fully saturated rings. The second-order valence-corrected chi connectivity index (χ2v) is 8.49. The Morgan fingerprint density at radius 1 is 1.11 bits per heavy atom. The van der Waals surface area contributed by atoms with Gasteiger partial charge in [-0.05, 0) is 24.6 Å².